The molecule has 158 valence electrons. The van der Waals surface area contributed by atoms with Gasteiger partial charge >= 0.3 is 7.12 Å². The zero-order valence-electron chi connectivity index (χ0n) is 17.7. The van der Waals surface area contributed by atoms with Crippen molar-refractivity contribution >= 4 is 18.7 Å². The second kappa shape index (κ2) is 11.6. The Balaban J connectivity index is 1.92. The van der Waals surface area contributed by atoms with E-state index in [9.17, 15) is 0 Å². The Bertz CT molecular complexity index is 602. The van der Waals surface area contributed by atoms with E-state index < -0.39 is 7.12 Å². The fraction of sp³-hybridized carbons (Fsp3) is 0.727. The van der Waals surface area contributed by atoms with Crippen LogP contribution in [0.3, 0.4) is 0 Å². The number of hydrogen-bond acceptors (Lipinski definition) is 4. The Labute approximate surface area is 176 Å². The third-order valence-electron chi connectivity index (χ3n) is 6.35. The largest absolute Gasteiger partial charge is 0.451 e. The summed E-state index contributed by atoms with van der Waals surface area (Å²) in [7, 11) is -1.19. The van der Waals surface area contributed by atoms with Crippen LogP contribution in [0.4, 0.5) is 0 Å². The van der Waals surface area contributed by atoms with Crippen molar-refractivity contribution in [3.05, 3.63) is 34.3 Å². The van der Waals surface area contributed by atoms with Crippen molar-refractivity contribution in [1.82, 2.24) is 4.90 Å². The molecule has 4 N–H and O–H groups in total. The predicted molar refractivity (Wildman–Crippen MR) is 119 cm³/mol. The maximum atomic E-state index is 9.06. The summed E-state index contributed by atoms with van der Waals surface area (Å²) >= 11 is 6.30. The van der Waals surface area contributed by atoms with Gasteiger partial charge < -0.3 is 15.8 Å². The molecule has 4 nitrogen and oxygen atoms in total. The van der Waals surface area contributed by atoms with Crippen LogP contribution >= 0.6 is 11.6 Å². The topological polar surface area (TPSA) is 69.7 Å². The molecule has 1 aliphatic rings. The van der Waals surface area contributed by atoms with Gasteiger partial charge in [0.1, 0.15) is 0 Å². The second-order valence-electron chi connectivity index (χ2n) is 8.70. The first-order valence-corrected chi connectivity index (χ1v) is 11.3. The van der Waals surface area contributed by atoms with Crippen LogP contribution in [0, 0.1) is 12.8 Å². The van der Waals surface area contributed by atoms with E-state index in [4.69, 9.17) is 27.4 Å². The molecule has 0 spiro atoms. The molecule has 1 fully saturated rings. The van der Waals surface area contributed by atoms with Gasteiger partial charge in [-0.1, -0.05) is 49.9 Å². The van der Waals surface area contributed by atoms with Gasteiger partial charge in [-0.3, -0.25) is 4.90 Å². The van der Waals surface area contributed by atoms with E-state index >= 15 is 0 Å². The van der Waals surface area contributed by atoms with Gasteiger partial charge in [0, 0.05) is 17.1 Å². The molecule has 0 radical (unpaired) electrons. The van der Waals surface area contributed by atoms with Crippen LogP contribution in [0.25, 0.3) is 0 Å². The number of nitrogens with two attached hydrogens (primary N) is 1. The Morgan fingerprint density at radius 2 is 2.00 bits per heavy atom. The highest BCUT2D eigenvalue weighted by Gasteiger charge is 2.34. The first-order valence-electron chi connectivity index (χ1n) is 11.0. The molecule has 2 unspecified atom stereocenters. The molecule has 1 aromatic rings. The lowest BCUT2D eigenvalue weighted by Gasteiger charge is -2.38. The molecule has 0 aliphatic carbocycles. The van der Waals surface area contributed by atoms with Crippen molar-refractivity contribution in [2.24, 2.45) is 11.7 Å². The third kappa shape index (κ3) is 7.35. The number of likely N-dealkylation sites (tertiary alicyclic amines) is 1. The summed E-state index contributed by atoms with van der Waals surface area (Å²) < 4.78 is 0. The van der Waals surface area contributed by atoms with E-state index in [-0.39, 0.29) is 5.54 Å². The number of rotatable bonds is 10. The summed E-state index contributed by atoms with van der Waals surface area (Å²) in [6.07, 6.45) is 8.87. The lowest BCUT2D eigenvalue weighted by atomic mass is 9.73. The average molecular weight is 409 g/mol. The SMILES string of the molecule is CCCC(N)(CCCCB(O)O)C1CCCN(Cc2ccc(C)c(Cl)c2)CC1. The van der Waals surface area contributed by atoms with Crippen LogP contribution < -0.4 is 5.73 Å². The highest BCUT2D eigenvalue weighted by atomic mass is 35.5. The number of aryl methyl sites for hydroxylation is 1. The van der Waals surface area contributed by atoms with E-state index in [1.807, 2.05) is 6.92 Å². The smallest absolute Gasteiger partial charge is 0.427 e. The van der Waals surface area contributed by atoms with Crippen LogP contribution in [-0.4, -0.2) is 40.7 Å². The van der Waals surface area contributed by atoms with E-state index in [1.54, 1.807) is 0 Å². The van der Waals surface area contributed by atoms with Crippen LogP contribution in [0.15, 0.2) is 18.2 Å². The Kier molecular flexibility index (Phi) is 9.78. The van der Waals surface area contributed by atoms with Crippen molar-refractivity contribution in [2.45, 2.75) is 83.6 Å². The van der Waals surface area contributed by atoms with E-state index in [1.165, 1.54) is 18.4 Å². The lowest BCUT2D eigenvalue weighted by molar-refractivity contribution is 0.199. The van der Waals surface area contributed by atoms with Crippen molar-refractivity contribution < 1.29 is 10.0 Å². The van der Waals surface area contributed by atoms with Crippen molar-refractivity contribution in [2.75, 3.05) is 13.1 Å². The monoisotopic (exact) mass is 408 g/mol. The van der Waals surface area contributed by atoms with E-state index in [0.717, 1.165) is 68.7 Å². The van der Waals surface area contributed by atoms with E-state index in [0.29, 0.717) is 12.2 Å². The highest BCUT2D eigenvalue weighted by Crippen LogP contribution is 2.34. The number of nitrogens with zero attached hydrogens (tertiary/aromatic N) is 1. The second-order valence-corrected chi connectivity index (χ2v) is 9.10. The summed E-state index contributed by atoms with van der Waals surface area (Å²) in [6, 6.07) is 6.39. The first kappa shape index (κ1) is 23.7. The average Bonchev–Trinajstić information content (AvgIpc) is 2.88. The van der Waals surface area contributed by atoms with Gasteiger partial charge in [0.25, 0.3) is 0 Å². The van der Waals surface area contributed by atoms with Gasteiger partial charge in [-0.15, -0.1) is 0 Å². The normalized spacial score (nSPS) is 20.6. The summed E-state index contributed by atoms with van der Waals surface area (Å²) in [6.45, 7) is 7.39. The van der Waals surface area contributed by atoms with Gasteiger partial charge in [-0.2, -0.15) is 0 Å². The first-order chi connectivity index (χ1) is 13.3. The quantitative estimate of drug-likeness (QED) is 0.396. The molecule has 0 saturated carbocycles. The fourth-order valence-corrected chi connectivity index (χ4v) is 4.86. The Morgan fingerprint density at radius 1 is 1.21 bits per heavy atom. The fourth-order valence-electron chi connectivity index (χ4n) is 4.66. The van der Waals surface area contributed by atoms with Crippen molar-refractivity contribution in [1.29, 1.82) is 0 Å². The number of unbranched alkanes of at least 4 members (excludes halogenated alkanes) is 1. The molecule has 2 rings (SSSR count). The van der Waals surface area contributed by atoms with Gasteiger partial charge in [-0.05, 0) is 81.5 Å². The third-order valence-corrected chi connectivity index (χ3v) is 6.75. The van der Waals surface area contributed by atoms with Crippen LogP contribution in [0.5, 0.6) is 0 Å². The number of halogens is 1. The molecule has 28 heavy (non-hydrogen) atoms. The molecule has 1 aliphatic heterocycles. The minimum atomic E-state index is -1.19. The molecule has 1 saturated heterocycles. The standard InChI is InChI=1S/C22H38BClN2O2/c1-3-11-22(25,12-4-5-13-23(27)28)20-7-6-14-26(15-10-20)17-19-9-8-18(2)21(24)16-19/h8-9,16,20,27-28H,3-7,10-15,17,25H2,1-2H3. The van der Waals surface area contributed by atoms with Crippen molar-refractivity contribution in [3.63, 3.8) is 0 Å². The molecule has 0 bridgehead atoms. The number of benzene rings is 1. The predicted octanol–water partition coefficient (Wildman–Crippen LogP) is 4.39. The maximum absolute atomic E-state index is 9.06. The molecule has 6 heteroatoms. The molecular weight excluding hydrogens is 371 g/mol. The molecule has 1 heterocycles. The van der Waals surface area contributed by atoms with Gasteiger partial charge in [0.15, 0.2) is 0 Å². The van der Waals surface area contributed by atoms with E-state index in [2.05, 4.69) is 30.0 Å². The summed E-state index contributed by atoms with van der Waals surface area (Å²) in [5, 5.41) is 19.0. The molecule has 0 amide bonds. The summed E-state index contributed by atoms with van der Waals surface area (Å²) in [5.41, 5.74) is 9.23. The Hall–Kier alpha value is -0.585. The minimum Gasteiger partial charge on any atom is -0.427 e. The summed E-state index contributed by atoms with van der Waals surface area (Å²) in [5.74, 6) is 0.540. The van der Waals surface area contributed by atoms with Gasteiger partial charge in [0.05, 0.1) is 0 Å². The van der Waals surface area contributed by atoms with Gasteiger partial charge in [0.2, 0.25) is 0 Å². The highest BCUT2D eigenvalue weighted by molar-refractivity contribution is 6.40. The lowest BCUT2D eigenvalue weighted by Crippen LogP contribution is -2.47. The van der Waals surface area contributed by atoms with Crippen LogP contribution in [0.1, 0.15) is 69.4 Å². The van der Waals surface area contributed by atoms with Crippen LogP contribution in [0.2, 0.25) is 11.3 Å². The molecule has 2 atom stereocenters. The Morgan fingerprint density at radius 3 is 2.68 bits per heavy atom. The number of hydrogen-bond donors (Lipinski definition) is 3. The van der Waals surface area contributed by atoms with Crippen molar-refractivity contribution in [3.8, 4) is 0 Å². The molecule has 0 aromatic heterocycles. The zero-order valence-corrected chi connectivity index (χ0v) is 18.4. The van der Waals surface area contributed by atoms with Crippen LogP contribution in [-0.2, 0) is 6.54 Å². The van der Waals surface area contributed by atoms with Gasteiger partial charge in [-0.25, -0.2) is 0 Å². The summed E-state index contributed by atoms with van der Waals surface area (Å²) in [4.78, 5) is 2.54. The molecular formula is C22H38BClN2O2. The maximum Gasteiger partial charge on any atom is 0.451 e. The zero-order chi connectivity index (χ0) is 20.6. The minimum absolute atomic E-state index is 0.127. The molecule has 1 aromatic carbocycles.